The lowest BCUT2D eigenvalue weighted by molar-refractivity contribution is 0.0937. The van der Waals surface area contributed by atoms with Crippen LogP contribution < -0.4 is 5.56 Å². The first kappa shape index (κ1) is 17.6. The van der Waals surface area contributed by atoms with Gasteiger partial charge in [-0.1, -0.05) is 53.7 Å². The summed E-state index contributed by atoms with van der Waals surface area (Å²) in [6.45, 7) is 1.31. The van der Waals surface area contributed by atoms with Crippen LogP contribution in [0.1, 0.15) is 18.4 Å². The Balaban J connectivity index is 1.71. The Morgan fingerprint density at radius 1 is 1.19 bits per heavy atom. The predicted octanol–water partition coefficient (Wildman–Crippen LogP) is 4.52. The Labute approximate surface area is 161 Å². The highest BCUT2D eigenvalue weighted by molar-refractivity contribution is 7.98. The van der Waals surface area contributed by atoms with Gasteiger partial charge in [0.05, 0.1) is 23.6 Å². The molecule has 3 aromatic rings. The summed E-state index contributed by atoms with van der Waals surface area (Å²) in [4.78, 5) is 17.8. The van der Waals surface area contributed by atoms with Gasteiger partial charge in [0.2, 0.25) is 0 Å². The summed E-state index contributed by atoms with van der Waals surface area (Å²) in [5.41, 5.74) is 1.75. The van der Waals surface area contributed by atoms with E-state index in [-0.39, 0.29) is 11.7 Å². The van der Waals surface area contributed by atoms with E-state index in [2.05, 4.69) is 0 Å². The lowest BCUT2D eigenvalue weighted by Crippen LogP contribution is -2.28. The molecule has 1 aliphatic rings. The molecule has 1 atom stereocenters. The molecule has 0 N–H and O–H groups in total. The first-order chi connectivity index (χ1) is 12.7. The van der Waals surface area contributed by atoms with Crippen LogP contribution in [-0.2, 0) is 17.0 Å². The lowest BCUT2D eigenvalue weighted by Gasteiger charge is -2.16. The molecule has 0 aliphatic carbocycles. The minimum absolute atomic E-state index is 0.00670. The zero-order chi connectivity index (χ0) is 17.9. The summed E-state index contributed by atoms with van der Waals surface area (Å²) in [7, 11) is 0. The number of thioether (sulfide) groups is 1. The number of benzene rings is 2. The van der Waals surface area contributed by atoms with Gasteiger partial charge < -0.3 is 4.74 Å². The normalized spacial score (nSPS) is 17.0. The second-order valence-electron chi connectivity index (χ2n) is 6.34. The van der Waals surface area contributed by atoms with E-state index in [1.807, 2.05) is 48.5 Å². The smallest absolute Gasteiger partial charge is 0.262 e. The molecule has 0 radical (unpaired) electrons. The number of fused-ring (bicyclic) bond motifs is 1. The highest BCUT2D eigenvalue weighted by Gasteiger charge is 2.20. The largest absolute Gasteiger partial charge is 0.376 e. The summed E-state index contributed by atoms with van der Waals surface area (Å²) in [6, 6.07) is 15.3. The molecule has 0 unspecified atom stereocenters. The molecule has 0 bridgehead atoms. The van der Waals surface area contributed by atoms with Gasteiger partial charge in [0.25, 0.3) is 5.56 Å². The molecule has 134 valence electrons. The number of halogens is 1. The van der Waals surface area contributed by atoms with Crippen molar-refractivity contribution in [2.24, 2.45) is 0 Å². The van der Waals surface area contributed by atoms with Crippen LogP contribution in [0.15, 0.2) is 58.5 Å². The molecule has 6 heteroatoms. The van der Waals surface area contributed by atoms with Crippen molar-refractivity contribution in [1.82, 2.24) is 9.55 Å². The molecule has 2 aromatic carbocycles. The van der Waals surface area contributed by atoms with Crippen LogP contribution in [0.4, 0.5) is 0 Å². The molecule has 0 spiro atoms. The van der Waals surface area contributed by atoms with Crippen molar-refractivity contribution in [3.05, 3.63) is 69.5 Å². The molecule has 0 amide bonds. The zero-order valence-electron chi connectivity index (χ0n) is 14.2. The fourth-order valence-electron chi connectivity index (χ4n) is 3.17. The van der Waals surface area contributed by atoms with Crippen molar-refractivity contribution in [3.63, 3.8) is 0 Å². The van der Waals surface area contributed by atoms with Gasteiger partial charge >= 0.3 is 0 Å². The number of hydrogen-bond acceptors (Lipinski definition) is 4. The van der Waals surface area contributed by atoms with Gasteiger partial charge in [-0.2, -0.15) is 0 Å². The van der Waals surface area contributed by atoms with E-state index in [4.69, 9.17) is 21.3 Å². The van der Waals surface area contributed by atoms with Crippen molar-refractivity contribution in [2.75, 3.05) is 6.61 Å². The van der Waals surface area contributed by atoms with E-state index < -0.39 is 0 Å². The molecule has 4 nitrogen and oxygen atoms in total. The third-order valence-corrected chi connectivity index (χ3v) is 5.95. The fourth-order valence-corrected chi connectivity index (χ4v) is 4.46. The average Bonchev–Trinajstić information content (AvgIpc) is 3.17. The molecule has 26 heavy (non-hydrogen) atoms. The van der Waals surface area contributed by atoms with E-state index in [1.165, 1.54) is 11.8 Å². The van der Waals surface area contributed by atoms with Crippen LogP contribution in [0.2, 0.25) is 5.02 Å². The fraction of sp³-hybridized carbons (Fsp3) is 0.300. The van der Waals surface area contributed by atoms with Gasteiger partial charge in [-0.15, -0.1) is 0 Å². The summed E-state index contributed by atoms with van der Waals surface area (Å²) >= 11 is 7.81. The number of nitrogens with zero attached hydrogens (tertiary/aromatic N) is 2. The second-order valence-corrected chi connectivity index (χ2v) is 7.69. The maximum absolute atomic E-state index is 13.0. The van der Waals surface area contributed by atoms with Gasteiger partial charge in [-0.25, -0.2) is 4.98 Å². The number of para-hydroxylation sites is 1. The first-order valence-electron chi connectivity index (χ1n) is 8.70. The van der Waals surface area contributed by atoms with Crippen LogP contribution >= 0.6 is 23.4 Å². The van der Waals surface area contributed by atoms with Gasteiger partial charge in [0.15, 0.2) is 5.16 Å². The van der Waals surface area contributed by atoms with Crippen molar-refractivity contribution in [2.45, 2.75) is 36.4 Å². The number of aromatic nitrogens is 2. The van der Waals surface area contributed by atoms with E-state index in [9.17, 15) is 4.79 Å². The highest BCUT2D eigenvalue weighted by Crippen LogP contribution is 2.27. The van der Waals surface area contributed by atoms with E-state index in [0.29, 0.717) is 22.8 Å². The molecule has 1 saturated heterocycles. The molecule has 1 aromatic heterocycles. The topological polar surface area (TPSA) is 44.1 Å². The maximum atomic E-state index is 13.0. The molecular weight excluding hydrogens is 368 g/mol. The maximum Gasteiger partial charge on any atom is 0.262 e. The monoisotopic (exact) mass is 386 g/mol. The predicted molar refractivity (Wildman–Crippen MR) is 106 cm³/mol. The minimum atomic E-state index is -0.00670. The van der Waals surface area contributed by atoms with Crippen molar-refractivity contribution >= 4 is 34.3 Å². The van der Waals surface area contributed by atoms with Gasteiger partial charge in [-0.05, 0) is 36.6 Å². The van der Waals surface area contributed by atoms with E-state index >= 15 is 0 Å². The minimum Gasteiger partial charge on any atom is -0.376 e. The molecule has 2 heterocycles. The summed E-state index contributed by atoms with van der Waals surface area (Å²) in [5.74, 6) is 0.663. The van der Waals surface area contributed by atoms with Gasteiger partial charge in [0, 0.05) is 17.4 Å². The quantitative estimate of drug-likeness (QED) is 0.477. The lowest BCUT2D eigenvalue weighted by atomic mass is 10.2. The van der Waals surface area contributed by atoms with Gasteiger partial charge in [0.1, 0.15) is 0 Å². The number of ether oxygens (including phenoxy) is 1. The Bertz CT molecular complexity index is 983. The average molecular weight is 387 g/mol. The van der Waals surface area contributed by atoms with Crippen molar-refractivity contribution in [3.8, 4) is 0 Å². The van der Waals surface area contributed by atoms with Crippen LogP contribution in [0, 0.1) is 0 Å². The van der Waals surface area contributed by atoms with Crippen molar-refractivity contribution in [1.29, 1.82) is 0 Å². The first-order valence-corrected chi connectivity index (χ1v) is 10.1. The third kappa shape index (κ3) is 3.65. The van der Waals surface area contributed by atoms with Crippen molar-refractivity contribution < 1.29 is 4.74 Å². The molecule has 0 saturated carbocycles. The van der Waals surface area contributed by atoms with Crippen LogP contribution in [-0.4, -0.2) is 22.3 Å². The molecular formula is C20H19ClN2O2S. The molecule has 1 aliphatic heterocycles. The highest BCUT2D eigenvalue weighted by atomic mass is 35.5. The third-order valence-electron chi connectivity index (χ3n) is 4.55. The SMILES string of the molecule is O=c1c2ccccc2nc(SCc2ccccc2Cl)n1C[C@H]1CCCO1. The Kier molecular flexibility index (Phi) is 5.29. The second kappa shape index (κ2) is 7.82. The molecule has 4 rings (SSSR count). The van der Waals surface area contributed by atoms with Crippen LogP contribution in [0.5, 0.6) is 0 Å². The summed E-state index contributed by atoms with van der Waals surface area (Å²) in [5, 5.41) is 2.09. The number of hydrogen-bond donors (Lipinski definition) is 0. The zero-order valence-corrected chi connectivity index (χ0v) is 15.8. The molecule has 1 fully saturated rings. The summed E-state index contributed by atoms with van der Waals surface area (Å²) in [6.07, 6.45) is 2.10. The Hall–Kier alpha value is -1.82. The van der Waals surface area contributed by atoms with Crippen LogP contribution in [0.3, 0.4) is 0 Å². The Morgan fingerprint density at radius 2 is 2.00 bits per heavy atom. The Morgan fingerprint density at radius 3 is 2.81 bits per heavy atom. The van der Waals surface area contributed by atoms with E-state index in [1.54, 1.807) is 4.57 Å². The van der Waals surface area contributed by atoms with E-state index in [0.717, 1.165) is 35.6 Å². The standard InChI is InChI=1S/C20H19ClN2O2S/c21-17-9-3-1-6-14(17)13-26-20-22-18-10-4-2-8-16(18)19(24)23(20)12-15-7-5-11-25-15/h1-4,6,8-10,15H,5,7,11-13H2/t15-/m1/s1. The number of rotatable bonds is 5. The van der Waals surface area contributed by atoms with Gasteiger partial charge in [-0.3, -0.25) is 9.36 Å². The van der Waals surface area contributed by atoms with Crippen LogP contribution in [0.25, 0.3) is 10.9 Å². The summed E-state index contributed by atoms with van der Waals surface area (Å²) < 4.78 is 7.51.